The highest BCUT2D eigenvalue weighted by atomic mass is 15.0. The van der Waals surface area contributed by atoms with E-state index in [9.17, 15) is 0 Å². The van der Waals surface area contributed by atoms with Gasteiger partial charge < -0.3 is 4.57 Å². The van der Waals surface area contributed by atoms with Crippen molar-refractivity contribution in [3.8, 4) is 5.69 Å². The maximum atomic E-state index is 2.50. The van der Waals surface area contributed by atoms with E-state index in [1.165, 1.54) is 82.1 Å². The zero-order valence-electron chi connectivity index (χ0n) is 25.1. The predicted molar refractivity (Wildman–Crippen MR) is 184 cm³/mol. The maximum Gasteiger partial charge on any atom is 0.0544 e. The first-order chi connectivity index (χ1) is 20.9. The average Bonchev–Trinajstić information content (AvgIpc) is 3.38. The number of nitrogens with zero attached hydrogens (tertiary/aromatic N) is 1. The molecule has 43 heavy (non-hydrogen) atoms. The highest BCUT2D eigenvalue weighted by molar-refractivity contribution is 6.25. The fourth-order valence-corrected chi connectivity index (χ4v) is 8.40. The Labute approximate surface area is 252 Å². The Kier molecular flexibility index (Phi) is 4.80. The summed E-state index contributed by atoms with van der Waals surface area (Å²) in [5, 5.41) is 10.5. The van der Waals surface area contributed by atoms with Gasteiger partial charge in [0.15, 0.2) is 0 Å². The number of rotatable bonds is 1. The topological polar surface area (TPSA) is 4.93 Å². The minimum Gasteiger partial charge on any atom is -0.309 e. The average molecular weight is 552 g/mol. The molecule has 0 unspecified atom stereocenters. The summed E-state index contributed by atoms with van der Waals surface area (Å²) in [5.41, 5.74) is 9.27. The van der Waals surface area contributed by atoms with Gasteiger partial charge in [-0.3, -0.25) is 0 Å². The Morgan fingerprint density at radius 3 is 1.56 bits per heavy atom. The largest absolute Gasteiger partial charge is 0.309 e. The van der Waals surface area contributed by atoms with Crippen LogP contribution in [0.3, 0.4) is 0 Å². The van der Waals surface area contributed by atoms with Crippen molar-refractivity contribution in [1.82, 2.24) is 4.57 Å². The van der Waals surface area contributed by atoms with Crippen LogP contribution in [0.1, 0.15) is 49.9 Å². The number of benzene rings is 7. The lowest BCUT2D eigenvalue weighted by Gasteiger charge is -2.44. The fourth-order valence-electron chi connectivity index (χ4n) is 8.40. The Bertz CT molecular complexity index is 2420. The standard InChI is InChI=1S/C42H33N/c1-41(2)34-18-10-11-19-35(34)42(3,4)40-36(41)23-24-38-39(40)32-17-9-12-20-37(32)43(38)26-21-22-31-29-15-6-5-13-27(29)28-14-7-8-16-30(28)33(31)25-26/h5-25H,1-4H3. The number of para-hydroxylation sites is 1. The second-order valence-corrected chi connectivity index (χ2v) is 13.4. The summed E-state index contributed by atoms with van der Waals surface area (Å²) in [5.74, 6) is 0. The Morgan fingerprint density at radius 2 is 0.907 bits per heavy atom. The van der Waals surface area contributed by atoms with Gasteiger partial charge in [-0.15, -0.1) is 0 Å². The molecule has 1 nitrogen and oxygen atoms in total. The van der Waals surface area contributed by atoms with E-state index in [0.29, 0.717) is 0 Å². The van der Waals surface area contributed by atoms with Crippen LogP contribution in [0.2, 0.25) is 0 Å². The molecule has 0 N–H and O–H groups in total. The zero-order valence-corrected chi connectivity index (χ0v) is 25.1. The van der Waals surface area contributed by atoms with Gasteiger partial charge in [-0.2, -0.15) is 0 Å². The van der Waals surface area contributed by atoms with Crippen LogP contribution in [0.4, 0.5) is 0 Å². The van der Waals surface area contributed by atoms with Gasteiger partial charge in [0, 0.05) is 27.3 Å². The molecule has 1 aliphatic rings. The zero-order chi connectivity index (χ0) is 29.1. The van der Waals surface area contributed by atoms with Gasteiger partial charge in [-0.25, -0.2) is 0 Å². The van der Waals surface area contributed by atoms with Gasteiger partial charge in [-0.1, -0.05) is 131 Å². The van der Waals surface area contributed by atoms with Gasteiger partial charge in [0.05, 0.1) is 11.0 Å². The van der Waals surface area contributed by atoms with E-state index in [0.717, 1.165) is 0 Å². The molecule has 0 saturated heterocycles. The summed E-state index contributed by atoms with van der Waals surface area (Å²) in [6, 6.07) is 47.6. The lowest BCUT2D eigenvalue weighted by atomic mass is 9.59. The summed E-state index contributed by atoms with van der Waals surface area (Å²) in [6.45, 7) is 9.62. The second-order valence-electron chi connectivity index (χ2n) is 13.4. The smallest absolute Gasteiger partial charge is 0.0544 e. The van der Waals surface area contributed by atoms with E-state index < -0.39 is 0 Å². The summed E-state index contributed by atoms with van der Waals surface area (Å²) in [7, 11) is 0. The summed E-state index contributed by atoms with van der Waals surface area (Å²) in [6.07, 6.45) is 0. The lowest BCUT2D eigenvalue weighted by molar-refractivity contribution is 0.525. The fraction of sp³-hybridized carbons (Fsp3) is 0.143. The SMILES string of the molecule is CC1(C)c2ccccc2C(C)(C)c2c1ccc1c2c2ccccc2n1-c1ccc2c3ccccc3c3ccccc3c2c1. The Balaban J connectivity index is 1.41. The second kappa shape index (κ2) is 8.36. The first kappa shape index (κ1) is 24.7. The van der Waals surface area contributed by atoms with Crippen molar-refractivity contribution in [3.05, 3.63) is 150 Å². The minimum absolute atomic E-state index is 0.0816. The van der Waals surface area contributed by atoms with Crippen LogP contribution >= 0.6 is 0 Å². The van der Waals surface area contributed by atoms with Gasteiger partial charge in [0.2, 0.25) is 0 Å². The monoisotopic (exact) mass is 551 g/mol. The number of hydrogen-bond acceptors (Lipinski definition) is 0. The van der Waals surface area contributed by atoms with Crippen molar-refractivity contribution in [2.45, 2.75) is 38.5 Å². The van der Waals surface area contributed by atoms with Crippen LogP contribution in [-0.2, 0) is 10.8 Å². The number of hydrogen-bond donors (Lipinski definition) is 0. The third kappa shape index (κ3) is 3.12. The molecule has 0 aliphatic heterocycles. The quantitative estimate of drug-likeness (QED) is 0.179. The molecule has 1 heteroatoms. The van der Waals surface area contributed by atoms with Crippen LogP contribution in [0, 0.1) is 0 Å². The van der Waals surface area contributed by atoms with E-state index in [2.05, 4.69) is 160 Å². The molecule has 0 bridgehead atoms. The van der Waals surface area contributed by atoms with E-state index >= 15 is 0 Å². The van der Waals surface area contributed by atoms with E-state index in [1.807, 2.05) is 0 Å². The van der Waals surface area contributed by atoms with Gasteiger partial charge in [0.25, 0.3) is 0 Å². The first-order valence-corrected chi connectivity index (χ1v) is 15.4. The lowest BCUT2D eigenvalue weighted by Crippen LogP contribution is -2.36. The highest BCUT2D eigenvalue weighted by Crippen LogP contribution is 2.53. The molecular formula is C42H33N. The molecule has 1 heterocycles. The number of fused-ring (bicyclic) bond motifs is 12. The van der Waals surface area contributed by atoms with Crippen LogP contribution in [0.25, 0.3) is 59.8 Å². The molecule has 1 aromatic heterocycles. The molecule has 0 amide bonds. The van der Waals surface area contributed by atoms with Crippen LogP contribution in [-0.4, -0.2) is 4.57 Å². The molecule has 1 aliphatic carbocycles. The van der Waals surface area contributed by atoms with Gasteiger partial charge in [0.1, 0.15) is 0 Å². The molecule has 8 aromatic rings. The van der Waals surface area contributed by atoms with Crippen molar-refractivity contribution >= 4 is 54.1 Å². The molecule has 0 fully saturated rings. The van der Waals surface area contributed by atoms with Crippen molar-refractivity contribution in [2.24, 2.45) is 0 Å². The maximum absolute atomic E-state index is 2.50. The van der Waals surface area contributed by atoms with E-state index in [4.69, 9.17) is 0 Å². The molecule has 206 valence electrons. The van der Waals surface area contributed by atoms with Crippen molar-refractivity contribution in [3.63, 3.8) is 0 Å². The summed E-state index contributed by atoms with van der Waals surface area (Å²) < 4.78 is 2.50. The normalized spacial score (nSPS) is 15.3. The summed E-state index contributed by atoms with van der Waals surface area (Å²) >= 11 is 0. The van der Waals surface area contributed by atoms with Crippen molar-refractivity contribution < 1.29 is 0 Å². The van der Waals surface area contributed by atoms with Gasteiger partial charge >= 0.3 is 0 Å². The number of aromatic nitrogens is 1. The molecule has 0 saturated carbocycles. The van der Waals surface area contributed by atoms with Gasteiger partial charge in [-0.05, 0) is 78.8 Å². The molecular weight excluding hydrogens is 518 g/mol. The molecule has 7 aromatic carbocycles. The van der Waals surface area contributed by atoms with E-state index in [1.54, 1.807) is 0 Å². The van der Waals surface area contributed by atoms with Crippen LogP contribution in [0.15, 0.2) is 127 Å². The minimum atomic E-state index is -0.131. The predicted octanol–water partition coefficient (Wildman–Crippen LogP) is 11.2. The molecule has 9 rings (SSSR count). The highest BCUT2D eigenvalue weighted by Gasteiger charge is 2.43. The third-order valence-corrected chi connectivity index (χ3v) is 10.4. The Morgan fingerprint density at radius 1 is 0.395 bits per heavy atom. The third-order valence-electron chi connectivity index (χ3n) is 10.4. The van der Waals surface area contributed by atoms with Crippen molar-refractivity contribution in [2.75, 3.05) is 0 Å². The van der Waals surface area contributed by atoms with E-state index in [-0.39, 0.29) is 10.8 Å². The summed E-state index contributed by atoms with van der Waals surface area (Å²) in [4.78, 5) is 0. The Hall–Kier alpha value is -4.88. The first-order valence-electron chi connectivity index (χ1n) is 15.4. The van der Waals surface area contributed by atoms with Crippen molar-refractivity contribution in [1.29, 1.82) is 0 Å². The molecule has 0 spiro atoms. The van der Waals surface area contributed by atoms with Crippen LogP contribution < -0.4 is 0 Å². The molecule has 0 atom stereocenters. The molecule has 0 radical (unpaired) electrons. The van der Waals surface area contributed by atoms with Crippen LogP contribution in [0.5, 0.6) is 0 Å².